The highest BCUT2D eigenvalue weighted by Gasteiger charge is 2.11. The van der Waals surface area contributed by atoms with Crippen LogP contribution in [0.15, 0.2) is 61.2 Å². The van der Waals surface area contributed by atoms with Gasteiger partial charge in [0.2, 0.25) is 0 Å². The van der Waals surface area contributed by atoms with E-state index >= 15 is 0 Å². The van der Waals surface area contributed by atoms with Gasteiger partial charge in [0, 0.05) is 10.6 Å². The minimum Gasteiger partial charge on any atom is -0.346 e. The van der Waals surface area contributed by atoms with Crippen LogP contribution in [0.2, 0.25) is 5.02 Å². The molecule has 0 aliphatic heterocycles. The van der Waals surface area contributed by atoms with Crippen molar-refractivity contribution in [3.05, 3.63) is 77.3 Å². The van der Waals surface area contributed by atoms with Crippen LogP contribution in [-0.4, -0.2) is 20.7 Å². The van der Waals surface area contributed by atoms with Crippen LogP contribution in [0.4, 0.5) is 0 Å². The van der Waals surface area contributed by atoms with E-state index in [-0.39, 0.29) is 11.9 Å². The van der Waals surface area contributed by atoms with Crippen molar-refractivity contribution >= 4 is 17.5 Å². The summed E-state index contributed by atoms with van der Waals surface area (Å²) in [4.78, 5) is 16.1. The number of rotatable bonds is 4. The fraction of sp³-hybridized carbons (Fsp3) is 0.118. The van der Waals surface area contributed by atoms with Crippen molar-refractivity contribution in [2.45, 2.75) is 13.0 Å². The van der Waals surface area contributed by atoms with Crippen LogP contribution < -0.4 is 5.32 Å². The monoisotopic (exact) mass is 326 g/mol. The third kappa shape index (κ3) is 3.57. The van der Waals surface area contributed by atoms with Crippen LogP contribution in [0.1, 0.15) is 28.9 Å². The Labute approximate surface area is 138 Å². The molecule has 6 heteroatoms. The number of hydrogen-bond acceptors (Lipinski definition) is 3. The topological polar surface area (TPSA) is 59.8 Å². The van der Waals surface area contributed by atoms with E-state index in [0.29, 0.717) is 10.6 Å². The summed E-state index contributed by atoms with van der Waals surface area (Å²) in [6, 6.07) is 14.5. The second kappa shape index (κ2) is 6.62. The van der Waals surface area contributed by atoms with Gasteiger partial charge in [-0.15, -0.1) is 0 Å². The van der Waals surface area contributed by atoms with Crippen molar-refractivity contribution in [1.82, 2.24) is 20.1 Å². The molecular weight excluding hydrogens is 312 g/mol. The first kappa shape index (κ1) is 15.2. The zero-order chi connectivity index (χ0) is 16.2. The molecule has 0 spiro atoms. The fourth-order valence-corrected chi connectivity index (χ4v) is 2.35. The minimum absolute atomic E-state index is 0.108. The summed E-state index contributed by atoms with van der Waals surface area (Å²) in [5.41, 5.74) is 2.51. The van der Waals surface area contributed by atoms with Crippen LogP contribution >= 0.6 is 11.6 Å². The van der Waals surface area contributed by atoms with Crippen molar-refractivity contribution in [3.63, 3.8) is 0 Å². The molecule has 0 bridgehead atoms. The number of amides is 1. The summed E-state index contributed by atoms with van der Waals surface area (Å²) >= 11 is 5.83. The Hall–Kier alpha value is -2.66. The first-order valence-electron chi connectivity index (χ1n) is 7.15. The number of carbonyl (C=O) groups is 1. The lowest BCUT2D eigenvalue weighted by molar-refractivity contribution is 0.0940. The Morgan fingerprint density at radius 3 is 2.43 bits per heavy atom. The van der Waals surface area contributed by atoms with Gasteiger partial charge in [0.15, 0.2) is 0 Å². The predicted octanol–water partition coefficient (Wildman–Crippen LogP) is 3.41. The minimum atomic E-state index is -0.130. The van der Waals surface area contributed by atoms with E-state index in [1.165, 1.54) is 6.33 Å². The van der Waals surface area contributed by atoms with E-state index in [0.717, 1.165) is 11.3 Å². The number of benzene rings is 2. The second-order valence-electron chi connectivity index (χ2n) is 5.13. The molecule has 1 amide bonds. The van der Waals surface area contributed by atoms with Crippen LogP contribution in [0.5, 0.6) is 0 Å². The summed E-state index contributed by atoms with van der Waals surface area (Å²) in [6.45, 7) is 1.94. The fourth-order valence-electron chi connectivity index (χ4n) is 2.22. The number of hydrogen-bond donors (Lipinski definition) is 1. The first-order valence-corrected chi connectivity index (χ1v) is 7.52. The maximum atomic E-state index is 12.2. The highest BCUT2D eigenvalue weighted by atomic mass is 35.5. The Morgan fingerprint density at radius 1 is 1.13 bits per heavy atom. The van der Waals surface area contributed by atoms with Gasteiger partial charge in [-0.05, 0) is 48.9 Å². The van der Waals surface area contributed by atoms with Gasteiger partial charge in [-0.25, -0.2) is 9.67 Å². The summed E-state index contributed by atoms with van der Waals surface area (Å²) < 4.78 is 1.68. The lowest BCUT2D eigenvalue weighted by Crippen LogP contribution is -2.26. The number of halogens is 1. The van der Waals surface area contributed by atoms with Crippen molar-refractivity contribution in [3.8, 4) is 5.69 Å². The summed E-state index contributed by atoms with van der Waals surface area (Å²) in [7, 11) is 0. The van der Waals surface area contributed by atoms with Crippen molar-refractivity contribution in [2.75, 3.05) is 0 Å². The van der Waals surface area contributed by atoms with Gasteiger partial charge in [0.25, 0.3) is 5.91 Å². The molecule has 3 rings (SSSR count). The quantitative estimate of drug-likeness (QED) is 0.799. The number of carbonyl (C=O) groups excluding carboxylic acids is 1. The zero-order valence-electron chi connectivity index (χ0n) is 12.5. The molecule has 1 aromatic heterocycles. The number of nitrogens with zero attached hydrogens (tertiary/aromatic N) is 3. The molecule has 23 heavy (non-hydrogen) atoms. The molecular formula is C17H15ClN4O. The van der Waals surface area contributed by atoms with E-state index in [9.17, 15) is 4.79 Å². The summed E-state index contributed by atoms with van der Waals surface area (Å²) in [5.74, 6) is -0.130. The second-order valence-corrected chi connectivity index (χ2v) is 5.57. The molecule has 1 atom stereocenters. The first-order chi connectivity index (χ1) is 11.1. The van der Waals surface area contributed by atoms with Gasteiger partial charge in [0.1, 0.15) is 12.7 Å². The van der Waals surface area contributed by atoms with Crippen LogP contribution in [0.3, 0.4) is 0 Å². The van der Waals surface area contributed by atoms with E-state index < -0.39 is 0 Å². The lowest BCUT2D eigenvalue weighted by atomic mass is 10.1. The van der Waals surface area contributed by atoms with E-state index in [4.69, 9.17) is 11.6 Å². The third-order valence-corrected chi connectivity index (χ3v) is 3.78. The Morgan fingerprint density at radius 2 is 1.83 bits per heavy atom. The van der Waals surface area contributed by atoms with E-state index in [2.05, 4.69) is 15.4 Å². The molecule has 3 aromatic rings. The van der Waals surface area contributed by atoms with Crippen molar-refractivity contribution < 1.29 is 4.79 Å². The lowest BCUT2D eigenvalue weighted by Gasteiger charge is -2.15. The molecule has 0 fully saturated rings. The average molecular weight is 327 g/mol. The van der Waals surface area contributed by atoms with Gasteiger partial charge in [0.05, 0.1) is 11.7 Å². The van der Waals surface area contributed by atoms with E-state index in [1.807, 2.05) is 31.2 Å². The van der Waals surface area contributed by atoms with Crippen LogP contribution in [0, 0.1) is 0 Å². The Balaban J connectivity index is 1.69. The maximum Gasteiger partial charge on any atom is 0.251 e. The highest BCUT2D eigenvalue weighted by Crippen LogP contribution is 2.16. The van der Waals surface area contributed by atoms with Crippen molar-refractivity contribution in [2.24, 2.45) is 0 Å². The normalized spacial score (nSPS) is 11.9. The van der Waals surface area contributed by atoms with Crippen molar-refractivity contribution in [1.29, 1.82) is 0 Å². The molecule has 1 heterocycles. The zero-order valence-corrected chi connectivity index (χ0v) is 13.2. The predicted molar refractivity (Wildman–Crippen MR) is 88.7 cm³/mol. The summed E-state index contributed by atoms with van der Waals surface area (Å²) in [6.07, 6.45) is 3.13. The maximum absolute atomic E-state index is 12.2. The van der Waals surface area contributed by atoms with Crippen LogP contribution in [0.25, 0.3) is 5.69 Å². The number of aromatic nitrogens is 3. The molecule has 0 unspecified atom stereocenters. The van der Waals surface area contributed by atoms with Gasteiger partial charge in [-0.1, -0.05) is 23.7 Å². The molecule has 0 aliphatic carbocycles. The third-order valence-electron chi connectivity index (χ3n) is 3.53. The van der Waals surface area contributed by atoms with Gasteiger partial charge >= 0.3 is 0 Å². The van der Waals surface area contributed by atoms with Crippen LogP contribution in [-0.2, 0) is 0 Å². The smallest absolute Gasteiger partial charge is 0.251 e. The average Bonchev–Trinajstić information content (AvgIpc) is 3.10. The molecule has 2 aromatic carbocycles. The van der Waals surface area contributed by atoms with Gasteiger partial charge in [-0.2, -0.15) is 5.10 Å². The highest BCUT2D eigenvalue weighted by molar-refractivity contribution is 6.30. The molecule has 0 saturated heterocycles. The Kier molecular flexibility index (Phi) is 4.39. The van der Waals surface area contributed by atoms with Gasteiger partial charge < -0.3 is 5.32 Å². The number of nitrogens with one attached hydrogen (secondary N) is 1. The standard InChI is InChI=1S/C17H15ClN4O/c1-12(21-17(23)14-2-6-15(18)7-3-14)13-4-8-16(9-5-13)22-11-19-10-20-22/h2-12H,1H3,(H,21,23)/t12-/m0/s1. The molecule has 0 saturated carbocycles. The van der Waals surface area contributed by atoms with Gasteiger partial charge in [-0.3, -0.25) is 4.79 Å². The molecule has 0 aliphatic rings. The molecule has 116 valence electrons. The molecule has 5 nitrogen and oxygen atoms in total. The molecule has 1 N–H and O–H groups in total. The Bertz CT molecular complexity index is 782. The largest absolute Gasteiger partial charge is 0.346 e. The summed E-state index contributed by atoms with van der Waals surface area (Å²) in [5, 5.41) is 7.66. The van der Waals surface area contributed by atoms with E-state index in [1.54, 1.807) is 35.3 Å². The SMILES string of the molecule is C[C@H](NC(=O)c1ccc(Cl)cc1)c1ccc(-n2cncn2)cc1. The molecule has 0 radical (unpaired) electrons.